The van der Waals surface area contributed by atoms with Crippen molar-refractivity contribution in [3.05, 3.63) is 35.4 Å². The third-order valence-electron chi connectivity index (χ3n) is 4.34. The molecule has 0 saturated carbocycles. The third-order valence-corrected chi connectivity index (χ3v) is 4.34. The van der Waals surface area contributed by atoms with Crippen LogP contribution < -0.4 is 5.32 Å². The van der Waals surface area contributed by atoms with Crippen LogP contribution in [0.3, 0.4) is 0 Å². The summed E-state index contributed by atoms with van der Waals surface area (Å²) in [6.45, 7) is 6.81. The van der Waals surface area contributed by atoms with Crippen molar-refractivity contribution in [3.63, 3.8) is 0 Å². The molecule has 0 bridgehead atoms. The van der Waals surface area contributed by atoms with Crippen molar-refractivity contribution in [1.82, 2.24) is 10.2 Å². The second-order valence-electron chi connectivity index (χ2n) is 5.95. The predicted molar refractivity (Wildman–Crippen MR) is 85.3 cm³/mol. The zero-order valence-electron chi connectivity index (χ0n) is 13.2. The van der Waals surface area contributed by atoms with Crippen molar-refractivity contribution in [2.24, 2.45) is 0 Å². The molecule has 5 nitrogen and oxygen atoms in total. The number of hydrogen-bond donors (Lipinski definition) is 2. The highest BCUT2D eigenvalue weighted by molar-refractivity contribution is 5.94. The van der Waals surface area contributed by atoms with Crippen LogP contribution in [0.15, 0.2) is 24.3 Å². The van der Waals surface area contributed by atoms with Crippen molar-refractivity contribution in [3.8, 4) is 0 Å². The highest BCUT2D eigenvalue weighted by Crippen LogP contribution is 2.24. The fourth-order valence-corrected chi connectivity index (χ4v) is 2.92. The Balaban J connectivity index is 2.05. The maximum absolute atomic E-state index is 11.6. The Morgan fingerprint density at radius 1 is 1.23 bits per heavy atom. The first-order valence-electron chi connectivity index (χ1n) is 7.77. The molecule has 0 amide bonds. The molecule has 0 spiro atoms. The number of benzene rings is 1. The lowest BCUT2D eigenvalue weighted by Crippen LogP contribution is -2.51. The minimum Gasteiger partial charge on any atom is -0.480 e. The minimum absolute atomic E-state index is 0.0448. The zero-order valence-corrected chi connectivity index (χ0v) is 13.2. The van der Waals surface area contributed by atoms with Gasteiger partial charge in [0.2, 0.25) is 0 Å². The molecule has 2 atom stereocenters. The number of hydrogen-bond acceptors (Lipinski definition) is 4. The van der Waals surface area contributed by atoms with Crippen LogP contribution in [0.5, 0.6) is 0 Å². The van der Waals surface area contributed by atoms with Gasteiger partial charge in [0.15, 0.2) is 5.78 Å². The Hall–Kier alpha value is -1.72. The van der Waals surface area contributed by atoms with Crippen LogP contribution in [-0.2, 0) is 4.79 Å². The van der Waals surface area contributed by atoms with E-state index in [4.69, 9.17) is 0 Å². The summed E-state index contributed by atoms with van der Waals surface area (Å²) >= 11 is 0. The molecule has 2 rings (SSSR count). The number of carboxylic acid groups (broad SMARTS) is 1. The second-order valence-corrected chi connectivity index (χ2v) is 5.95. The van der Waals surface area contributed by atoms with Crippen molar-refractivity contribution in [2.75, 3.05) is 26.2 Å². The molecule has 5 heteroatoms. The maximum atomic E-state index is 11.6. The molecule has 1 fully saturated rings. The Morgan fingerprint density at radius 3 is 2.32 bits per heavy atom. The molecule has 1 aromatic rings. The molecule has 0 aliphatic carbocycles. The number of ketones is 1. The lowest BCUT2D eigenvalue weighted by Gasteiger charge is -2.33. The number of rotatable bonds is 6. The summed E-state index contributed by atoms with van der Waals surface area (Å²) in [4.78, 5) is 25.0. The quantitative estimate of drug-likeness (QED) is 0.784. The monoisotopic (exact) mass is 304 g/mol. The van der Waals surface area contributed by atoms with E-state index in [2.05, 4.69) is 5.32 Å². The van der Waals surface area contributed by atoms with Gasteiger partial charge < -0.3 is 10.4 Å². The number of carboxylic acids is 1. The lowest BCUT2D eigenvalue weighted by molar-refractivity contribution is -0.144. The van der Waals surface area contributed by atoms with Crippen LogP contribution in [0.25, 0.3) is 0 Å². The fraction of sp³-hybridized carbons (Fsp3) is 0.529. The molecule has 2 N–H and O–H groups in total. The van der Waals surface area contributed by atoms with Crippen molar-refractivity contribution < 1.29 is 14.7 Å². The van der Waals surface area contributed by atoms with Gasteiger partial charge in [0.05, 0.1) is 0 Å². The first-order chi connectivity index (χ1) is 10.5. The predicted octanol–water partition coefficient (Wildman–Crippen LogP) is 1.74. The SMILES string of the molecule is CC(=O)c1ccc(C(C)CC(C(=O)O)N2CCNCC2)cc1. The van der Waals surface area contributed by atoms with Crippen LogP contribution in [0.4, 0.5) is 0 Å². The van der Waals surface area contributed by atoms with Gasteiger partial charge in [-0.25, -0.2) is 0 Å². The van der Waals surface area contributed by atoms with E-state index in [0.717, 1.165) is 31.7 Å². The minimum atomic E-state index is -0.755. The molecule has 22 heavy (non-hydrogen) atoms. The van der Waals surface area contributed by atoms with Crippen molar-refractivity contribution in [1.29, 1.82) is 0 Å². The largest absolute Gasteiger partial charge is 0.480 e. The fourth-order valence-electron chi connectivity index (χ4n) is 2.92. The van der Waals surface area contributed by atoms with Gasteiger partial charge >= 0.3 is 5.97 Å². The number of aliphatic carboxylic acids is 1. The number of nitrogens with zero attached hydrogens (tertiary/aromatic N) is 1. The highest BCUT2D eigenvalue weighted by Gasteiger charge is 2.28. The average Bonchev–Trinajstić information content (AvgIpc) is 2.53. The highest BCUT2D eigenvalue weighted by atomic mass is 16.4. The molecular weight excluding hydrogens is 280 g/mol. The Kier molecular flexibility index (Phi) is 5.69. The van der Waals surface area contributed by atoms with Gasteiger partial charge in [0.25, 0.3) is 0 Å². The Bertz CT molecular complexity index is 521. The number of carbonyl (C=O) groups is 2. The molecular formula is C17H24N2O3. The van der Waals surface area contributed by atoms with Gasteiger partial charge in [0.1, 0.15) is 6.04 Å². The van der Waals surface area contributed by atoms with Gasteiger partial charge in [-0.3, -0.25) is 14.5 Å². The smallest absolute Gasteiger partial charge is 0.320 e. The van der Waals surface area contributed by atoms with Gasteiger partial charge in [-0.15, -0.1) is 0 Å². The number of piperazine rings is 1. The molecule has 1 heterocycles. The number of carbonyl (C=O) groups excluding carboxylic acids is 1. The second kappa shape index (κ2) is 7.51. The molecule has 1 aromatic carbocycles. The number of nitrogens with one attached hydrogen (secondary N) is 1. The van der Waals surface area contributed by atoms with E-state index < -0.39 is 12.0 Å². The molecule has 120 valence electrons. The summed E-state index contributed by atoms with van der Waals surface area (Å²) in [5.41, 5.74) is 1.76. The summed E-state index contributed by atoms with van der Waals surface area (Å²) in [5.74, 6) is -0.575. The van der Waals surface area contributed by atoms with Gasteiger partial charge in [-0.2, -0.15) is 0 Å². The zero-order chi connectivity index (χ0) is 16.1. The molecule has 0 aromatic heterocycles. The normalized spacial score (nSPS) is 18.6. The summed E-state index contributed by atoms with van der Waals surface area (Å²) in [6, 6.07) is 7.03. The summed E-state index contributed by atoms with van der Waals surface area (Å²) in [7, 11) is 0. The van der Waals surface area contributed by atoms with Crippen LogP contribution in [-0.4, -0.2) is 54.0 Å². The first kappa shape index (κ1) is 16.6. The summed E-state index contributed by atoms with van der Waals surface area (Å²) < 4.78 is 0. The van der Waals surface area contributed by atoms with Crippen LogP contribution in [0.2, 0.25) is 0 Å². The van der Waals surface area contributed by atoms with E-state index in [9.17, 15) is 14.7 Å². The van der Waals surface area contributed by atoms with Gasteiger partial charge in [-0.05, 0) is 24.8 Å². The summed E-state index contributed by atoms with van der Waals surface area (Å²) in [5, 5.41) is 12.8. The molecule has 1 aliphatic rings. The van der Waals surface area contributed by atoms with E-state index in [1.807, 2.05) is 36.1 Å². The maximum Gasteiger partial charge on any atom is 0.320 e. The van der Waals surface area contributed by atoms with Crippen LogP contribution in [0, 0.1) is 0 Å². The van der Waals surface area contributed by atoms with E-state index >= 15 is 0 Å². The molecule has 0 radical (unpaired) electrons. The Labute approximate surface area is 131 Å². The molecule has 1 aliphatic heterocycles. The first-order valence-corrected chi connectivity index (χ1v) is 7.77. The lowest BCUT2D eigenvalue weighted by atomic mass is 9.92. The summed E-state index contributed by atoms with van der Waals surface area (Å²) in [6.07, 6.45) is 0.578. The van der Waals surface area contributed by atoms with E-state index in [-0.39, 0.29) is 11.7 Å². The average molecular weight is 304 g/mol. The van der Waals surface area contributed by atoms with Crippen molar-refractivity contribution in [2.45, 2.75) is 32.2 Å². The van der Waals surface area contributed by atoms with E-state index in [1.54, 1.807) is 6.92 Å². The van der Waals surface area contributed by atoms with E-state index in [0.29, 0.717) is 12.0 Å². The molecule has 2 unspecified atom stereocenters. The van der Waals surface area contributed by atoms with Crippen LogP contribution in [0.1, 0.15) is 42.1 Å². The van der Waals surface area contributed by atoms with Crippen LogP contribution >= 0.6 is 0 Å². The van der Waals surface area contributed by atoms with Crippen molar-refractivity contribution >= 4 is 11.8 Å². The van der Waals surface area contributed by atoms with Gasteiger partial charge in [-0.1, -0.05) is 31.2 Å². The number of Topliss-reactive ketones (excluding diaryl/α,β-unsaturated/α-hetero) is 1. The standard InChI is InChI=1S/C17H24N2O3/c1-12(14-3-5-15(6-4-14)13(2)20)11-16(17(21)22)19-9-7-18-8-10-19/h3-6,12,16,18H,7-11H2,1-2H3,(H,21,22). The Morgan fingerprint density at radius 2 is 1.82 bits per heavy atom. The van der Waals surface area contributed by atoms with Gasteiger partial charge in [0, 0.05) is 31.7 Å². The van der Waals surface area contributed by atoms with E-state index in [1.165, 1.54) is 0 Å². The third kappa shape index (κ3) is 4.15. The topological polar surface area (TPSA) is 69.6 Å². The molecule has 1 saturated heterocycles.